The molecule has 3 heteroatoms. The standard InChI is InChI=1S/C10H10O2S/c1-7-2-3-8(9(13)6-7)4-5-10(11)12/h2-6,13H,1H3,(H,11,12)/b5-4+. The van der Waals surface area contributed by atoms with E-state index in [0.717, 1.165) is 22.1 Å². The fourth-order valence-electron chi connectivity index (χ4n) is 0.956. The first kappa shape index (κ1) is 9.86. The number of carboxylic acid groups (broad SMARTS) is 1. The van der Waals surface area contributed by atoms with Crippen LogP contribution in [-0.4, -0.2) is 11.1 Å². The van der Waals surface area contributed by atoms with Gasteiger partial charge >= 0.3 is 5.97 Å². The molecule has 0 bridgehead atoms. The van der Waals surface area contributed by atoms with Gasteiger partial charge in [0.2, 0.25) is 0 Å². The Bertz CT molecular complexity index is 356. The second kappa shape index (κ2) is 4.14. The Labute approximate surface area is 82.3 Å². The summed E-state index contributed by atoms with van der Waals surface area (Å²) in [7, 11) is 0. The first-order valence-electron chi connectivity index (χ1n) is 3.80. The monoisotopic (exact) mass is 194 g/mol. The molecule has 0 aromatic heterocycles. The van der Waals surface area contributed by atoms with Gasteiger partial charge in [0.05, 0.1) is 0 Å². The lowest BCUT2D eigenvalue weighted by Gasteiger charge is -1.99. The maximum atomic E-state index is 10.2. The zero-order valence-electron chi connectivity index (χ0n) is 7.19. The van der Waals surface area contributed by atoms with Gasteiger partial charge in [0.25, 0.3) is 0 Å². The molecule has 1 aromatic carbocycles. The molecule has 0 radical (unpaired) electrons. The van der Waals surface area contributed by atoms with Crippen LogP contribution in [0.25, 0.3) is 6.08 Å². The van der Waals surface area contributed by atoms with Crippen molar-refractivity contribution in [3.8, 4) is 0 Å². The summed E-state index contributed by atoms with van der Waals surface area (Å²) in [4.78, 5) is 11.0. The van der Waals surface area contributed by atoms with Gasteiger partial charge in [0.1, 0.15) is 0 Å². The molecule has 1 aromatic rings. The minimum atomic E-state index is -0.951. The van der Waals surface area contributed by atoms with Gasteiger partial charge in [-0.05, 0) is 30.2 Å². The van der Waals surface area contributed by atoms with Gasteiger partial charge in [-0.15, -0.1) is 12.6 Å². The van der Waals surface area contributed by atoms with Crippen LogP contribution in [0.15, 0.2) is 29.2 Å². The molecule has 0 amide bonds. The molecule has 0 heterocycles. The van der Waals surface area contributed by atoms with Gasteiger partial charge in [-0.1, -0.05) is 12.1 Å². The Kier molecular flexibility index (Phi) is 3.14. The smallest absolute Gasteiger partial charge is 0.328 e. The number of hydrogen-bond donors (Lipinski definition) is 2. The Hall–Kier alpha value is -1.22. The molecule has 0 aliphatic rings. The molecule has 2 nitrogen and oxygen atoms in total. The summed E-state index contributed by atoms with van der Waals surface area (Å²) in [6, 6.07) is 5.66. The molecule has 1 rings (SSSR count). The fourth-order valence-corrected chi connectivity index (χ4v) is 1.31. The van der Waals surface area contributed by atoms with Gasteiger partial charge in [0.15, 0.2) is 0 Å². The zero-order chi connectivity index (χ0) is 9.84. The molecular formula is C10H10O2S. The van der Waals surface area contributed by atoms with Crippen LogP contribution in [0, 0.1) is 6.92 Å². The van der Waals surface area contributed by atoms with E-state index in [-0.39, 0.29) is 0 Å². The minimum Gasteiger partial charge on any atom is -0.478 e. The topological polar surface area (TPSA) is 37.3 Å². The average Bonchev–Trinajstić information content (AvgIpc) is 2.02. The molecule has 0 atom stereocenters. The molecule has 0 unspecified atom stereocenters. The highest BCUT2D eigenvalue weighted by molar-refractivity contribution is 7.80. The van der Waals surface area contributed by atoms with E-state index in [1.807, 2.05) is 25.1 Å². The molecule has 0 fully saturated rings. The van der Waals surface area contributed by atoms with Gasteiger partial charge in [-0.25, -0.2) is 4.79 Å². The summed E-state index contributed by atoms with van der Waals surface area (Å²) in [6.07, 6.45) is 2.63. The van der Waals surface area contributed by atoms with Gasteiger partial charge in [-0.2, -0.15) is 0 Å². The summed E-state index contributed by atoms with van der Waals surface area (Å²) < 4.78 is 0. The number of hydrogen-bond acceptors (Lipinski definition) is 2. The quantitative estimate of drug-likeness (QED) is 0.560. The van der Waals surface area contributed by atoms with Crippen molar-refractivity contribution in [2.75, 3.05) is 0 Å². The number of carboxylic acids is 1. The number of rotatable bonds is 2. The van der Waals surface area contributed by atoms with Crippen LogP contribution in [0.1, 0.15) is 11.1 Å². The van der Waals surface area contributed by atoms with Crippen LogP contribution in [0.3, 0.4) is 0 Å². The minimum absolute atomic E-state index is 0.789. The predicted octanol–water partition coefficient (Wildman–Crippen LogP) is 2.38. The largest absolute Gasteiger partial charge is 0.478 e. The maximum Gasteiger partial charge on any atom is 0.328 e. The molecule has 68 valence electrons. The Morgan fingerprint density at radius 1 is 1.54 bits per heavy atom. The second-order valence-electron chi connectivity index (χ2n) is 2.73. The van der Waals surface area contributed by atoms with Crippen molar-refractivity contribution in [1.29, 1.82) is 0 Å². The fraction of sp³-hybridized carbons (Fsp3) is 0.100. The van der Waals surface area contributed by atoms with Crippen LogP contribution >= 0.6 is 12.6 Å². The predicted molar refractivity (Wildman–Crippen MR) is 55.1 cm³/mol. The first-order valence-corrected chi connectivity index (χ1v) is 4.25. The lowest BCUT2D eigenvalue weighted by Crippen LogP contribution is -1.86. The third-order valence-corrected chi connectivity index (χ3v) is 1.98. The van der Waals surface area contributed by atoms with E-state index in [9.17, 15) is 4.79 Å². The summed E-state index contributed by atoms with van der Waals surface area (Å²) in [6.45, 7) is 1.96. The van der Waals surface area contributed by atoms with E-state index in [2.05, 4.69) is 12.6 Å². The number of aliphatic carboxylic acids is 1. The van der Waals surface area contributed by atoms with Crippen molar-refractivity contribution in [3.05, 3.63) is 35.4 Å². The highest BCUT2D eigenvalue weighted by Crippen LogP contribution is 2.16. The van der Waals surface area contributed by atoms with Gasteiger partial charge in [0, 0.05) is 11.0 Å². The van der Waals surface area contributed by atoms with Crippen molar-refractivity contribution < 1.29 is 9.90 Å². The molecule has 13 heavy (non-hydrogen) atoms. The molecular weight excluding hydrogens is 184 g/mol. The van der Waals surface area contributed by atoms with Crippen molar-refractivity contribution in [2.24, 2.45) is 0 Å². The van der Waals surface area contributed by atoms with E-state index in [4.69, 9.17) is 5.11 Å². The number of aryl methyl sites for hydroxylation is 1. The normalized spacial score (nSPS) is 10.6. The maximum absolute atomic E-state index is 10.2. The third kappa shape index (κ3) is 2.95. The average molecular weight is 194 g/mol. The Morgan fingerprint density at radius 2 is 2.23 bits per heavy atom. The lowest BCUT2D eigenvalue weighted by atomic mass is 10.1. The lowest BCUT2D eigenvalue weighted by molar-refractivity contribution is -0.131. The third-order valence-electron chi connectivity index (χ3n) is 1.59. The van der Waals surface area contributed by atoms with Crippen LogP contribution < -0.4 is 0 Å². The zero-order valence-corrected chi connectivity index (χ0v) is 8.08. The summed E-state index contributed by atoms with van der Waals surface area (Å²) >= 11 is 4.23. The molecule has 0 spiro atoms. The summed E-state index contributed by atoms with van der Waals surface area (Å²) in [5.74, 6) is -0.951. The first-order chi connectivity index (χ1) is 6.09. The van der Waals surface area contributed by atoms with Gasteiger partial charge < -0.3 is 5.11 Å². The van der Waals surface area contributed by atoms with Crippen LogP contribution in [0.2, 0.25) is 0 Å². The number of thiol groups is 1. The second-order valence-corrected chi connectivity index (χ2v) is 3.22. The molecule has 0 saturated heterocycles. The van der Waals surface area contributed by atoms with Crippen molar-refractivity contribution in [3.63, 3.8) is 0 Å². The SMILES string of the molecule is Cc1ccc(/C=C/C(=O)O)c(S)c1. The van der Waals surface area contributed by atoms with Crippen molar-refractivity contribution in [1.82, 2.24) is 0 Å². The van der Waals surface area contributed by atoms with E-state index in [1.165, 1.54) is 6.08 Å². The summed E-state index contributed by atoms with van der Waals surface area (Å²) in [5, 5.41) is 8.41. The molecule has 0 saturated carbocycles. The van der Waals surface area contributed by atoms with E-state index in [1.54, 1.807) is 0 Å². The van der Waals surface area contributed by atoms with Crippen LogP contribution in [-0.2, 0) is 4.79 Å². The molecule has 0 aliphatic carbocycles. The van der Waals surface area contributed by atoms with E-state index in [0.29, 0.717) is 0 Å². The van der Waals surface area contributed by atoms with Crippen LogP contribution in [0.5, 0.6) is 0 Å². The Morgan fingerprint density at radius 3 is 2.77 bits per heavy atom. The van der Waals surface area contributed by atoms with E-state index >= 15 is 0 Å². The Balaban J connectivity index is 2.96. The van der Waals surface area contributed by atoms with Gasteiger partial charge in [-0.3, -0.25) is 0 Å². The molecule has 0 aliphatic heterocycles. The van der Waals surface area contributed by atoms with E-state index < -0.39 is 5.97 Å². The molecule has 1 N–H and O–H groups in total. The highest BCUT2D eigenvalue weighted by atomic mass is 32.1. The highest BCUT2D eigenvalue weighted by Gasteiger charge is 1.95. The van der Waals surface area contributed by atoms with Crippen LogP contribution in [0.4, 0.5) is 0 Å². The van der Waals surface area contributed by atoms with Crippen molar-refractivity contribution >= 4 is 24.7 Å². The number of benzene rings is 1. The summed E-state index contributed by atoms with van der Waals surface area (Å²) in [5.41, 5.74) is 1.92. The van der Waals surface area contributed by atoms with Crippen molar-refractivity contribution in [2.45, 2.75) is 11.8 Å². The number of carbonyl (C=O) groups is 1.